The van der Waals surface area contributed by atoms with E-state index in [1.807, 2.05) is 0 Å². The third kappa shape index (κ3) is 8.72. The minimum atomic E-state index is -0.111. The molecule has 0 atom stereocenters. The smallest absolute Gasteiger partial charge is 0.216 e. The van der Waals surface area contributed by atoms with Gasteiger partial charge in [-0.3, -0.25) is 14.4 Å². The molecule has 1 N–H and O–H groups in total. The SMILES string of the molecule is CC(=O)NCCCCC(=O)C[C]=O. The number of rotatable bonds is 7. The van der Waals surface area contributed by atoms with E-state index in [0.717, 1.165) is 6.42 Å². The summed E-state index contributed by atoms with van der Waals surface area (Å²) >= 11 is 0. The number of ketones is 1. The number of hydrogen-bond donors (Lipinski definition) is 1. The van der Waals surface area contributed by atoms with E-state index in [1.165, 1.54) is 6.92 Å². The summed E-state index contributed by atoms with van der Waals surface area (Å²) in [5, 5.41) is 2.62. The summed E-state index contributed by atoms with van der Waals surface area (Å²) in [6, 6.07) is 0. The van der Waals surface area contributed by atoms with Crippen LogP contribution < -0.4 is 5.32 Å². The van der Waals surface area contributed by atoms with Crippen molar-refractivity contribution in [3.63, 3.8) is 0 Å². The van der Waals surface area contributed by atoms with Crippen molar-refractivity contribution in [3.05, 3.63) is 0 Å². The molecule has 4 nitrogen and oxygen atoms in total. The molecule has 1 radical (unpaired) electrons. The average Bonchev–Trinajstić information content (AvgIpc) is 2.03. The van der Waals surface area contributed by atoms with Gasteiger partial charge in [-0.25, -0.2) is 0 Å². The van der Waals surface area contributed by atoms with Gasteiger partial charge in [0.1, 0.15) is 5.78 Å². The number of carbonyl (C=O) groups is 2. The molecule has 73 valence electrons. The molecule has 13 heavy (non-hydrogen) atoms. The van der Waals surface area contributed by atoms with Gasteiger partial charge in [0.05, 0.1) is 6.42 Å². The van der Waals surface area contributed by atoms with Gasteiger partial charge in [0.15, 0.2) is 0 Å². The predicted octanol–water partition coefficient (Wildman–Crippen LogP) is 0.362. The second-order valence-electron chi connectivity index (χ2n) is 2.80. The van der Waals surface area contributed by atoms with E-state index in [2.05, 4.69) is 5.32 Å². The van der Waals surface area contributed by atoms with E-state index >= 15 is 0 Å². The molecule has 0 aromatic rings. The number of Topliss-reactive ketones (excluding diaryl/α,β-unsaturated/α-hetero) is 1. The van der Waals surface area contributed by atoms with Crippen molar-refractivity contribution in [2.45, 2.75) is 32.6 Å². The molecule has 1 amide bonds. The van der Waals surface area contributed by atoms with Crippen LogP contribution in [0.1, 0.15) is 32.6 Å². The van der Waals surface area contributed by atoms with Gasteiger partial charge >= 0.3 is 0 Å². The summed E-state index contributed by atoms with van der Waals surface area (Å²) in [5.41, 5.74) is 0. The molecular weight excluding hydrogens is 170 g/mol. The van der Waals surface area contributed by atoms with Crippen LogP contribution in [-0.4, -0.2) is 24.5 Å². The van der Waals surface area contributed by atoms with Gasteiger partial charge in [0.2, 0.25) is 12.2 Å². The zero-order chi connectivity index (χ0) is 10.1. The fraction of sp³-hybridized carbons (Fsp3) is 0.667. The van der Waals surface area contributed by atoms with Crippen molar-refractivity contribution in [2.24, 2.45) is 0 Å². The van der Waals surface area contributed by atoms with E-state index in [4.69, 9.17) is 0 Å². The fourth-order valence-corrected chi connectivity index (χ4v) is 0.880. The van der Waals surface area contributed by atoms with Gasteiger partial charge < -0.3 is 5.32 Å². The van der Waals surface area contributed by atoms with E-state index in [1.54, 1.807) is 6.29 Å². The first-order chi connectivity index (χ1) is 6.16. The van der Waals surface area contributed by atoms with Crippen LogP contribution in [0.2, 0.25) is 0 Å². The number of carbonyl (C=O) groups excluding carboxylic acids is 3. The van der Waals surface area contributed by atoms with Crippen LogP contribution in [0.25, 0.3) is 0 Å². The molecule has 0 saturated carbocycles. The van der Waals surface area contributed by atoms with Crippen molar-refractivity contribution in [2.75, 3.05) is 6.54 Å². The highest BCUT2D eigenvalue weighted by atomic mass is 16.1. The molecule has 0 saturated heterocycles. The standard InChI is InChI=1S/C9H14NO3/c1-8(12)10-6-3-2-4-9(13)5-7-11/h2-6H2,1H3,(H,10,12). The first-order valence-corrected chi connectivity index (χ1v) is 4.28. The Hall–Kier alpha value is -1.19. The lowest BCUT2D eigenvalue weighted by Gasteiger charge is -2.00. The lowest BCUT2D eigenvalue weighted by atomic mass is 10.1. The predicted molar refractivity (Wildman–Crippen MR) is 47.9 cm³/mol. The molecule has 0 aliphatic heterocycles. The lowest BCUT2D eigenvalue weighted by Crippen LogP contribution is -2.20. The first kappa shape index (κ1) is 11.8. The molecule has 0 fully saturated rings. The molecule has 0 unspecified atom stereocenters. The van der Waals surface area contributed by atoms with Crippen LogP contribution in [0.4, 0.5) is 0 Å². The van der Waals surface area contributed by atoms with Crippen LogP contribution in [0.5, 0.6) is 0 Å². The molecule has 0 rings (SSSR count). The van der Waals surface area contributed by atoms with E-state index < -0.39 is 0 Å². The maximum Gasteiger partial charge on any atom is 0.216 e. The molecule has 0 aromatic heterocycles. The second kappa shape index (κ2) is 7.46. The zero-order valence-corrected chi connectivity index (χ0v) is 7.76. The topological polar surface area (TPSA) is 63.2 Å². The Bertz CT molecular complexity index is 189. The largest absolute Gasteiger partial charge is 0.356 e. The summed E-state index contributed by atoms with van der Waals surface area (Å²) in [5.74, 6) is -0.148. The average molecular weight is 184 g/mol. The minimum Gasteiger partial charge on any atom is -0.356 e. The molecule has 0 spiro atoms. The molecule has 0 aliphatic rings. The molecule has 0 aromatic carbocycles. The first-order valence-electron chi connectivity index (χ1n) is 4.28. The van der Waals surface area contributed by atoms with Crippen molar-refractivity contribution in [1.82, 2.24) is 5.32 Å². The third-order valence-electron chi connectivity index (χ3n) is 1.53. The summed E-state index contributed by atoms with van der Waals surface area (Å²) in [4.78, 5) is 31.0. The van der Waals surface area contributed by atoms with Crippen LogP contribution in [0.3, 0.4) is 0 Å². The van der Waals surface area contributed by atoms with Crippen molar-refractivity contribution < 1.29 is 14.4 Å². The van der Waals surface area contributed by atoms with Crippen LogP contribution >= 0.6 is 0 Å². The molecule has 4 heteroatoms. The van der Waals surface area contributed by atoms with Crippen molar-refractivity contribution in [1.29, 1.82) is 0 Å². The quantitative estimate of drug-likeness (QED) is 0.459. The Balaban J connectivity index is 3.20. The Morgan fingerprint density at radius 2 is 2.00 bits per heavy atom. The van der Waals surface area contributed by atoms with Crippen LogP contribution in [-0.2, 0) is 14.4 Å². The summed E-state index contributed by atoms with van der Waals surface area (Å²) < 4.78 is 0. The number of amides is 1. The molecular formula is C9H14NO3. The van der Waals surface area contributed by atoms with Gasteiger partial charge in [0, 0.05) is 19.9 Å². The fourth-order valence-electron chi connectivity index (χ4n) is 0.880. The second-order valence-corrected chi connectivity index (χ2v) is 2.80. The highest BCUT2D eigenvalue weighted by Crippen LogP contribution is 1.97. The highest BCUT2D eigenvalue weighted by Gasteiger charge is 2.00. The normalized spacial score (nSPS) is 9.31. The third-order valence-corrected chi connectivity index (χ3v) is 1.53. The summed E-state index contributed by atoms with van der Waals surface area (Å²) in [6.07, 6.45) is 3.32. The van der Waals surface area contributed by atoms with E-state index in [0.29, 0.717) is 19.4 Å². The van der Waals surface area contributed by atoms with Gasteiger partial charge in [-0.1, -0.05) is 0 Å². The highest BCUT2D eigenvalue weighted by molar-refractivity contribution is 5.89. The Morgan fingerprint density at radius 1 is 1.31 bits per heavy atom. The van der Waals surface area contributed by atoms with Gasteiger partial charge in [-0.15, -0.1) is 0 Å². The zero-order valence-electron chi connectivity index (χ0n) is 7.76. The van der Waals surface area contributed by atoms with Crippen LogP contribution in [0.15, 0.2) is 0 Å². The van der Waals surface area contributed by atoms with Crippen molar-refractivity contribution in [3.8, 4) is 0 Å². The Labute approximate surface area is 77.7 Å². The maximum atomic E-state index is 10.8. The Kier molecular flexibility index (Phi) is 6.78. The van der Waals surface area contributed by atoms with E-state index in [9.17, 15) is 14.4 Å². The Morgan fingerprint density at radius 3 is 2.54 bits per heavy atom. The number of unbranched alkanes of at least 4 members (excludes halogenated alkanes) is 1. The summed E-state index contributed by atoms with van der Waals surface area (Å²) in [6.45, 7) is 2.04. The molecule has 0 bridgehead atoms. The van der Waals surface area contributed by atoms with Gasteiger partial charge in [-0.05, 0) is 12.8 Å². The minimum absolute atomic E-state index is 0.0625. The maximum absolute atomic E-state index is 10.8. The molecule has 0 aliphatic carbocycles. The van der Waals surface area contributed by atoms with Crippen LogP contribution in [0, 0.1) is 0 Å². The molecule has 0 heterocycles. The lowest BCUT2D eigenvalue weighted by molar-refractivity contribution is -0.119. The van der Waals surface area contributed by atoms with E-state index in [-0.39, 0.29) is 18.1 Å². The monoisotopic (exact) mass is 184 g/mol. The number of hydrogen-bond acceptors (Lipinski definition) is 3. The number of nitrogens with one attached hydrogen (secondary N) is 1. The van der Waals surface area contributed by atoms with Gasteiger partial charge in [0.25, 0.3) is 0 Å². The summed E-state index contributed by atoms with van der Waals surface area (Å²) in [7, 11) is 0. The van der Waals surface area contributed by atoms with Crippen molar-refractivity contribution >= 4 is 18.0 Å². The van der Waals surface area contributed by atoms with Gasteiger partial charge in [-0.2, -0.15) is 0 Å².